The number of likely N-dealkylation sites (tertiary alicyclic amines) is 1. The Bertz CT molecular complexity index is 389. The van der Waals surface area contributed by atoms with E-state index in [9.17, 15) is 4.79 Å². The summed E-state index contributed by atoms with van der Waals surface area (Å²) in [4.78, 5) is 14.0. The van der Waals surface area contributed by atoms with E-state index in [0.29, 0.717) is 12.1 Å². The summed E-state index contributed by atoms with van der Waals surface area (Å²) in [5.41, 5.74) is 0.744. The van der Waals surface area contributed by atoms with Gasteiger partial charge >= 0.3 is 0 Å². The van der Waals surface area contributed by atoms with E-state index in [-0.39, 0.29) is 5.78 Å². The first-order valence-electron chi connectivity index (χ1n) is 6.38. The molecule has 2 rings (SSSR count). The van der Waals surface area contributed by atoms with Gasteiger partial charge in [0, 0.05) is 32.3 Å². The van der Waals surface area contributed by atoms with Gasteiger partial charge in [-0.3, -0.25) is 9.48 Å². The molecule has 0 radical (unpaired) electrons. The monoisotopic (exact) mass is 235 g/mol. The fourth-order valence-electron chi connectivity index (χ4n) is 2.53. The SMILES string of the molecule is CC(=O)c1ccnn1C1CCN(C(C)C)CC1. The topological polar surface area (TPSA) is 38.1 Å². The Hall–Kier alpha value is -1.16. The van der Waals surface area contributed by atoms with E-state index in [1.807, 2.05) is 10.7 Å². The van der Waals surface area contributed by atoms with Crippen molar-refractivity contribution in [3.63, 3.8) is 0 Å². The number of ketones is 1. The lowest BCUT2D eigenvalue weighted by Crippen LogP contribution is -2.39. The van der Waals surface area contributed by atoms with Crippen LogP contribution < -0.4 is 0 Å². The lowest BCUT2D eigenvalue weighted by Gasteiger charge is -2.35. The molecule has 0 amide bonds. The molecular formula is C13H21N3O. The molecule has 1 aromatic rings. The Balaban J connectivity index is 2.05. The van der Waals surface area contributed by atoms with E-state index in [2.05, 4.69) is 23.8 Å². The number of aromatic nitrogens is 2. The van der Waals surface area contributed by atoms with Crippen molar-refractivity contribution in [2.45, 2.75) is 45.7 Å². The lowest BCUT2D eigenvalue weighted by molar-refractivity contribution is 0.0989. The zero-order valence-corrected chi connectivity index (χ0v) is 10.9. The second-order valence-electron chi connectivity index (χ2n) is 5.08. The Morgan fingerprint density at radius 2 is 2.06 bits per heavy atom. The van der Waals surface area contributed by atoms with Gasteiger partial charge in [-0.2, -0.15) is 5.10 Å². The van der Waals surface area contributed by atoms with Gasteiger partial charge in [0.15, 0.2) is 5.78 Å². The number of hydrogen-bond acceptors (Lipinski definition) is 3. The van der Waals surface area contributed by atoms with E-state index < -0.39 is 0 Å². The summed E-state index contributed by atoms with van der Waals surface area (Å²) >= 11 is 0. The highest BCUT2D eigenvalue weighted by atomic mass is 16.1. The molecule has 0 spiro atoms. The minimum Gasteiger partial charge on any atom is -0.301 e. The molecule has 0 bridgehead atoms. The average molecular weight is 235 g/mol. The summed E-state index contributed by atoms with van der Waals surface area (Å²) in [6.45, 7) is 8.26. The molecule has 1 aliphatic rings. The molecule has 4 nitrogen and oxygen atoms in total. The van der Waals surface area contributed by atoms with Gasteiger partial charge in [0.25, 0.3) is 0 Å². The zero-order chi connectivity index (χ0) is 12.4. The van der Waals surface area contributed by atoms with Crippen LogP contribution in [0, 0.1) is 0 Å². The van der Waals surface area contributed by atoms with Crippen LogP contribution >= 0.6 is 0 Å². The maximum absolute atomic E-state index is 11.5. The molecule has 94 valence electrons. The van der Waals surface area contributed by atoms with E-state index in [4.69, 9.17) is 0 Å². The minimum absolute atomic E-state index is 0.105. The summed E-state index contributed by atoms with van der Waals surface area (Å²) in [7, 11) is 0. The van der Waals surface area contributed by atoms with Crippen molar-refractivity contribution >= 4 is 5.78 Å². The van der Waals surface area contributed by atoms with Crippen molar-refractivity contribution in [2.75, 3.05) is 13.1 Å². The Kier molecular flexibility index (Phi) is 3.62. The summed E-state index contributed by atoms with van der Waals surface area (Å²) in [6.07, 6.45) is 3.89. The van der Waals surface area contributed by atoms with Crippen LogP contribution in [0.3, 0.4) is 0 Å². The number of carbonyl (C=O) groups excluding carboxylic acids is 1. The summed E-state index contributed by atoms with van der Waals surface area (Å²) in [5.74, 6) is 0.105. The third kappa shape index (κ3) is 2.57. The maximum atomic E-state index is 11.5. The average Bonchev–Trinajstić information content (AvgIpc) is 2.78. The quantitative estimate of drug-likeness (QED) is 0.753. The molecule has 17 heavy (non-hydrogen) atoms. The van der Waals surface area contributed by atoms with Crippen molar-refractivity contribution in [1.29, 1.82) is 0 Å². The fourth-order valence-corrected chi connectivity index (χ4v) is 2.53. The molecule has 4 heteroatoms. The number of carbonyl (C=O) groups is 1. The number of Topliss-reactive ketones (excluding diaryl/α,β-unsaturated/α-hetero) is 1. The normalized spacial score (nSPS) is 18.8. The predicted octanol–water partition coefficient (Wildman–Crippen LogP) is 2.13. The highest BCUT2D eigenvalue weighted by Crippen LogP contribution is 2.24. The highest BCUT2D eigenvalue weighted by molar-refractivity contribution is 5.92. The first-order valence-corrected chi connectivity index (χ1v) is 6.38. The third-order valence-corrected chi connectivity index (χ3v) is 3.61. The van der Waals surface area contributed by atoms with Crippen LogP contribution in [0.25, 0.3) is 0 Å². The molecule has 0 unspecified atom stereocenters. The standard InChI is InChI=1S/C13H21N3O/c1-10(2)15-8-5-12(6-9-15)16-13(11(3)17)4-7-14-16/h4,7,10,12H,5-6,8-9H2,1-3H3. The van der Waals surface area contributed by atoms with E-state index >= 15 is 0 Å². The van der Waals surface area contributed by atoms with E-state index in [0.717, 1.165) is 31.6 Å². The van der Waals surface area contributed by atoms with Crippen LogP contribution in [0.2, 0.25) is 0 Å². The molecular weight excluding hydrogens is 214 g/mol. The van der Waals surface area contributed by atoms with Gasteiger partial charge in [0.05, 0.1) is 6.04 Å². The van der Waals surface area contributed by atoms with Crippen molar-refractivity contribution < 1.29 is 4.79 Å². The van der Waals surface area contributed by atoms with Crippen molar-refractivity contribution in [1.82, 2.24) is 14.7 Å². The number of hydrogen-bond donors (Lipinski definition) is 0. The van der Waals surface area contributed by atoms with Crippen LogP contribution in [-0.2, 0) is 0 Å². The first kappa shape index (κ1) is 12.3. The molecule has 1 fully saturated rings. The molecule has 1 aliphatic heterocycles. The minimum atomic E-state index is 0.105. The molecule has 1 saturated heterocycles. The zero-order valence-electron chi connectivity index (χ0n) is 10.9. The molecule has 0 N–H and O–H groups in total. The van der Waals surface area contributed by atoms with Gasteiger partial charge < -0.3 is 4.90 Å². The largest absolute Gasteiger partial charge is 0.301 e. The smallest absolute Gasteiger partial charge is 0.177 e. The Morgan fingerprint density at radius 3 is 2.59 bits per heavy atom. The van der Waals surface area contributed by atoms with Crippen LogP contribution in [0.5, 0.6) is 0 Å². The van der Waals surface area contributed by atoms with Crippen LogP contribution in [0.15, 0.2) is 12.3 Å². The third-order valence-electron chi connectivity index (χ3n) is 3.61. The van der Waals surface area contributed by atoms with Gasteiger partial charge in [-0.15, -0.1) is 0 Å². The summed E-state index contributed by atoms with van der Waals surface area (Å²) < 4.78 is 1.92. The predicted molar refractivity (Wildman–Crippen MR) is 67.2 cm³/mol. The number of nitrogens with zero attached hydrogens (tertiary/aromatic N) is 3. The molecule has 2 heterocycles. The van der Waals surface area contributed by atoms with Gasteiger partial charge in [0.1, 0.15) is 5.69 Å². The van der Waals surface area contributed by atoms with Crippen molar-refractivity contribution in [3.8, 4) is 0 Å². The lowest BCUT2D eigenvalue weighted by atomic mass is 10.0. The van der Waals surface area contributed by atoms with Crippen molar-refractivity contribution in [2.24, 2.45) is 0 Å². The summed E-state index contributed by atoms with van der Waals surface area (Å²) in [6, 6.07) is 2.82. The molecule has 0 atom stereocenters. The van der Waals surface area contributed by atoms with E-state index in [1.54, 1.807) is 13.1 Å². The fraction of sp³-hybridized carbons (Fsp3) is 0.692. The maximum Gasteiger partial charge on any atom is 0.177 e. The Labute approximate surface area is 103 Å². The van der Waals surface area contributed by atoms with Gasteiger partial charge in [-0.1, -0.05) is 0 Å². The second-order valence-corrected chi connectivity index (χ2v) is 5.08. The molecule has 1 aromatic heterocycles. The van der Waals surface area contributed by atoms with Crippen molar-refractivity contribution in [3.05, 3.63) is 18.0 Å². The number of piperidine rings is 1. The molecule has 0 aliphatic carbocycles. The Morgan fingerprint density at radius 1 is 1.41 bits per heavy atom. The van der Waals surface area contributed by atoms with Gasteiger partial charge in [-0.25, -0.2) is 0 Å². The molecule has 0 aromatic carbocycles. The second kappa shape index (κ2) is 5.00. The molecule has 0 saturated carbocycles. The van der Waals surface area contributed by atoms with Crippen LogP contribution in [-0.4, -0.2) is 39.6 Å². The van der Waals surface area contributed by atoms with E-state index in [1.165, 1.54) is 0 Å². The van der Waals surface area contributed by atoms with Crippen LogP contribution in [0.4, 0.5) is 0 Å². The summed E-state index contributed by atoms with van der Waals surface area (Å²) in [5, 5.41) is 4.31. The van der Waals surface area contributed by atoms with Gasteiger partial charge in [-0.05, 0) is 32.8 Å². The first-order chi connectivity index (χ1) is 8.09. The van der Waals surface area contributed by atoms with Crippen LogP contribution in [0.1, 0.15) is 50.1 Å². The number of rotatable bonds is 3. The van der Waals surface area contributed by atoms with Gasteiger partial charge in [0.2, 0.25) is 0 Å². The highest BCUT2D eigenvalue weighted by Gasteiger charge is 2.24.